The molecule has 0 saturated carbocycles. The van der Waals surface area contributed by atoms with Gasteiger partial charge in [-0.1, -0.05) is 18.2 Å². The first-order valence-corrected chi connectivity index (χ1v) is 6.35. The third-order valence-corrected chi connectivity index (χ3v) is 3.57. The summed E-state index contributed by atoms with van der Waals surface area (Å²) in [7, 11) is 0. The third kappa shape index (κ3) is 2.82. The van der Waals surface area contributed by atoms with Crippen LogP contribution < -0.4 is 5.73 Å². The Hall–Kier alpha value is -1.99. The minimum absolute atomic E-state index is 0.325. The van der Waals surface area contributed by atoms with Gasteiger partial charge >= 0.3 is 0 Å². The highest BCUT2D eigenvalue weighted by molar-refractivity contribution is 7.98. The molecule has 0 aliphatic rings. The van der Waals surface area contributed by atoms with E-state index in [2.05, 4.69) is 6.07 Å². The Morgan fingerprint density at radius 3 is 2.72 bits per heavy atom. The number of nitrogens with zero attached hydrogens (tertiary/aromatic N) is 1. The second-order valence-electron chi connectivity index (χ2n) is 3.75. The Morgan fingerprint density at radius 1 is 1.22 bits per heavy atom. The zero-order valence-corrected chi connectivity index (χ0v) is 10.4. The molecular formula is C14H11FN2S. The van der Waals surface area contributed by atoms with E-state index >= 15 is 0 Å². The standard InChI is InChI=1S/C14H11FN2S/c15-13-7-12(17)5-6-14(13)18-9-11-4-2-1-3-10(11)8-16/h1-7H,9,17H2. The highest BCUT2D eigenvalue weighted by Gasteiger charge is 2.06. The highest BCUT2D eigenvalue weighted by atomic mass is 32.2. The van der Waals surface area contributed by atoms with E-state index in [1.165, 1.54) is 17.8 Å². The maximum atomic E-state index is 13.6. The van der Waals surface area contributed by atoms with Crippen molar-refractivity contribution in [2.75, 3.05) is 5.73 Å². The molecule has 18 heavy (non-hydrogen) atoms. The predicted octanol–water partition coefficient (Wildman–Crippen LogP) is 3.57. The number of rotatable bonds is 3. The van der Waals surface area contributed by atoms with Crippen molar-refractivity contribution >= 4 is 17.4 Å². The second kappa shape index (κ2) is 5.56. The molecule has 0 bridgehead atoms. The smallest absolute Gasteiger partial charge is 0.138 e. The summed E-state index contributed by atoms with van der Waals surface area (Å²) < 4.78 is 13.6. The molecule has 0 atom stereocenters. The van der Waals surface area contributed by atoms with Crippen LogP contribution in [0.1, 0.15) is 11.1 Å². The molecule has 2 N–H and O–H groups in total. The number of thioether (sulfide) groups is 1. The minimum atomic E-state index is -0.325. The highest BCUT2D eigenvalue weighted by Crippen LogP contribution is 2.27. The van der Waals surface area contributed by atoms with Crippen LogP contribution in [0.3, 0.4) is 0 Å². The van der Waals surface area contributed by atoms with E-state index in [1.54, 1.807) is 18.2 Å². The molecule has 0 heterocycles. The molecule has 0 saturated heterocycles. The van der Waals surface area contributed by atoms with Crippen molar-refractivity contribution < 1.29 is 4.39 Å². The number of halogens is 1. The number of anilines is 1. The van der Waals surface area contributed by atoms with Gasteiger partial charge < -0.3 is 5.73 Å². The molecule has 0 radical (unpaired) electrons. The molecule has 0 amide bonds. The monoisotopic (exact) mass is 258 g/mol. The van der Waals surface area contributed by atoms with Gasteiger partial charge in [-0.3, -0.25) is 0 Å². The first-order valence-electron chi connectivity index (χ1n) is 5.36. The van der Waals surface area contributed by atoms with Crippen LogP contribution in [0.4, 0.5) is 10.1 Å². The van der Waals surface area contributed by atoms with E-state index in [-0.39, 0.29) is 5.82 Å². The molecular weight excluding hydrogens is 247 g/mol. The maximum absolute atomic E-state index is 13.6. The van der Waals surface area contributed by atoms with E-state index in [1.807, 2.05) is 18.2 Å². The molecule has 2 nitrogen and oxygen atoms in total. The molecule has 0 unspecified atom stereocenters. The van der Waals surface area contributed by atoms with Gasteiger partial charge in [-0.2, -0.15) is 5.26 Å². The van der Waals surface area contributed by atoms with Crippen molar-refractivity contribution in [3.8, 4) is 6.07 Å². The lowest BCUT2D eigenvalue weighted by atomic mass is 10.1. The van der Waals surface area contributed by atoms with Crippen LogP contribution in [0.15, 0.2) is 47.4 Å². The molecule has 0 aliphatic carbocycles. The number of hydrogen-bond acceptors (Lipinski definition) is 3. The number of nitrogen functional groups attached to an aromatic ring is 1. The van der Waals surface area contributed by atoms with Gasteiger partial charge in [0.2, 0.25) is 0 Å². The summed E-state index contributed by atoms with van der Waals surface area (Å²) in [5.41, 5.74) is 7.43. The van der Waals surface area contributed by atoms with Crippen molar-refractivity contribution in [3.05, 3.63) is 59.4 Å². The maximum Gasteiger partial charge on any atom is 0.138 e. The van der Waals surface area contributed by atoms with Gasteiger partial charge in [0, 0.05) is 16.3 Å². The Morgan fingerprint density at radius 2 is 2.00 bits per heavy atom. The van der Waals surface area contributed by atoms with Crippen molar-refractivity contribution in [1.29, 1.82) is 5.26 Å². The lowest BCUT2D eigenvalue weighted by molar-refractivity contribution is 0.603. The summed E-state index contributed by atoms with van der Waals surface area (Å²) in [4.78, 5) is 0.539. The van der Waals surface area contributed by atoms with Gasteiger partial charge in [0.15, 0.2) is 0 Å². The van der Waals surface area contributed by atoms with Crippen LogP contribution in [0, 0.1) is 17.1 Å². The van der Waals surface area contributed by atoms with Gasteiger partial charge in [-0.15, -0.1) is 11.8 Å². The van der Waals surface area contributed by atoms with E-state index in [4.69, 9.17) is 11.0 Å². The average Bonchev–Trinajstić information content (AvgIpc) is 2.38. The molecule has 0 fully saturated rings. The topological polar surface area (TPSA) is 49.8 Å². The van der Waals surface area contributed by atoms with Crippen LogP contribution >= 0.6 is 11.8 Å². The fourth-order valence-electron chi connectivity index (χ4n) is 1.54. The molecule has 0 aliphatic heterocycles. The van der Waals surface area contributed by atoms with Crippen LogP contribution in [0.2, 0.25) is 0 Å². The molecule has 0 aromatic heterocycles. The fourth-order valence-corrected chi connectivity index (χ4v) is 2.47. The Labute approximate surface area is 109 Å². The molecule has 90 valence electrons. The van der Waals surface area contributed by atoms with Gasteiger partial charge in [-0.05, 0) is 29.8 Å². The van der Waals surface area contributed by atoms with Gasteiger partial charge in [0.25, 0.3) is 0 Å². The van der Waals surface area contributed by atoms with Crippen molar-refractivity contribution in [2.45, 2.75) is 10.6 Å². The Bertz CT molecular complexity index is 605. The lowest BCUT2D eigenvalue weighted by Gasteiger charge is -2.05. The van der Waals surface area contributed by atoms with Crippen LogP contribution in [-0.2, 0) is 5.75 Å². The predicted molar refractivity (Wildman–Crippen MR) is 71.5 cm³/mol. The van der Waals surface area contributed by atoms with Crippen molar-refractivity contribution in [3.63, 3.8) is 0 Å². The number of nitriles is 1. The van der Waals surface area contributed by atoms with Gasteiger partial charge in [-0.25, -0.2) is 4.39 Å². The molecule has 4 heteroatoms. The third-order valence-electron chi connectivity index (χ3n) is 2.48. The lowest BCUT2D eigenvalue weighted by Crippen LogP contribution is -1.90. The number of hydrogen-bond donors (Lipinski definition) is 1. The van der Waals surface area contributed by atoms with Gasteiger partial charge in [0.1, 0.15) is 5.82 Å². The minimum Gasteiger partial charge on any atom is -0.399 e. The quantitative estimate of drug-likeness (QED) is 0.676. The zero-order chi connectivity index (χ0) is 13.0. The summed E-state index contributed by atoms with van der Waals surface area (Å²) in [5, 5.41) is 8.96. The van der Waals surface area contributed by atoms with E-state index < -0.39 is 0 Å². The van der Waals surface area contributed by atoms with Crippen LogP contribution in [0.25, 0.3) is 0 Å². The summed E-state index contributed by atoms with van der Waals surface area (Å²) in [5.74, 6) is 0.235. The van der Waals surface area contributed by atoms with Crippen molar-refractivity contribution in [2.24, 2.45) is 0 Å². The normalized spacial score (nSPS) is 10.0. The van der Waals surface area contributed by atoms with Crippen molar-refractivity contribution in [1.82, 2.24) is 0 Å². The Kier molecular flexibility index (Phi) is 3.85. The number of nitrogens with two attached hydrogens (primary N) is 1. The number of benzene rings is 2. The summed E-state index contributed by atoms with van der Waals surface area (Å²) >= 11 is 1.36. The first kappa shape index (κ1) is 12.5. The van der Waals surface area contributed by atoms with Crippen LogP contribution in [0.5, 0.6) is 0 Å². The summed E-state index contributed by atoms with van der Waals surface area (Å²) in [6.45, 7) is 0. The molecule has 2 aromatic rings. The zero-order valence-electron chi connectivity index (χ0n) is 9.56. The largest absolute Gasteiger partial charge is 0.399 e. The average molecular weight is 258 g/mol. The fraction of sp³-hybridized carbons (Fsp3) is 0.0714. The Balaban J connectivity index is 2.14. The molecule has 2 rings (SSSR count). The van der Waals surface area contributed by atoms with Crippen LogP contribution in [-0.4, -0.2) is 0 Å². The summed E-state index contributed by atoms with van der Waals surface area (Å²) in [6.07, 6.45) is 0. The SMILES string of the molecule is N#Cc1ccccc1CSc1ccc(N)cc1F. The van der Waals surface area contributed by atoms with E-state index in [0.29, 0.717) is 21.9 Å². The second-order valence-corrected chi connectivity index (χ2v) is 4.76. The first-order chi connectivity index (χ1) is 8.70. The van der Waals surface area contributed by atoms with E-state index in [0.717, 1.165) is 5.56 Å². The molecule has 0 spiro atoms. The van der Waals surface area contributed by atoms with Gasteiger partial charge in [0.05, 0.1) is 11.6 Å². The molecule has 2 aromatic carbocycles. The summed E-state index contributed by atoms with van der Waals surface area (Å²) in [6, 6.07) is 14.1. The van der Waals surface area contributed by atoms with E-state index in [9.17, 15) is 4.39 Å².